The number of aromatic nitrogens is 4. The van der Waals surface area contributed by atoms with Gasteiger partial charge in [-0.1, -0.05) is 147 Å². The molecule has 6 heteroatoms. The summed E-state index contributed by atoms with van der Waals surface area (Å²) in [6, 6.07) is 45.5. The van der Waals surface area contributed by atoms with Crippen molar-refractivity contribution in [3.63, 3.8) is 0 Å². The van der Waals surface area contributed by atoms with Gasteiger partial charge in [-0.05, 0) is 86.7 Å². The topological polar surface area (TPSA) is 59.2 Å². The van der Waals surface area contributed by atoms with Gasteiger partial charge < -0.3 is 15.0 Å². The average Bonchev–Trinajstić information content (AvgIpc) is 3.87. The van der Waals surface area contributed by atoms with E-state index in [0.29, 0.717) is 0 Å². The Morgan fingerprint density at radius 2 is 1.28 bits per heavy atom. The molecule has 9 rings (SSSR count). The van der Waals surface area contributed by atoms with Crippen LogP contribution >= 0.6 is 0 Å². The molecule has 9 aromatic rings. The molecule has 0 bridgehead atoms. The molecule has 6 aromatic carbocycles. The van der Waals surface area contributed by atoms with Crippen molar-refractivity contribution in [1.29, 1.82) is 0 Å². The first-order chi connectivity index (χ1) is 28.5. The standard InChI is InChI=1S/C55H52N5.Pt/c1-34-41(20-15-29-56)43-18-11-12-21-48(43)59(34)40-17-13-16-35(30-40)42-19-14-22-49-51(42)58-52(60(49)39-26-23-36(24-27-39)53(2,3)4)46-33-38(55(8,9)10)32-45-44-31-37(54(5,6)7)25-28-47(44)57-50(45)46;/h11-29,31-33H,1-10H3;/q-3;/b20-15-;. The number of allylic oxidation sites excluding steroid dienone is 1. The number of fused-ring (bicyclic) bond motifs is 5. The first-order valence-electron chi connectivity index (χ1n) is 21.0. The van der Waals surface area contributed by atoms with E-state index in [4.69, 9.17) is 9.97 Å². The van der Waals surface area contributed by atoms with Gasteiger partial charge in [-0.25, -0.2) is 4.98 Å². The number of hydrogen-bond acceptors (Lipinski definition) is 1. The number of hydrogen-bond donors (Lipinski definition) is 0. The van der Waals surface area contributed by atoms with Crippen molar-refractivity contribution in [3.8, 4) is 33.9 Å². The minimum atomic E-state index is -0.118. The minimum Gasteiger partial charge on any atom is -0.811 e. The zero-order valence-electron chi connectivity index (χ0n) is 36.8. The smallest absolute Gasteiger partial charge is 0.143 e. The Morgan fingerprint density at radius 3 is 1.98 bits per heavy atom. The van der Waals surface area contributed by atoms with E-state index in [1.165, 1.54) is 22.1 Å². The zero-order valence-corrected chi connectivity index (χ0v) is 39.0. The molecule has 61 heavy (non-hydrogen) atoms. The van der Waals surface area contributed by atoms with Crippen LogP contribution in [0.5, 0.6) is 0 Å². The Bertz CT molecular complexity index is 3170. The van der Waals surface area contributed by atoms with Crippen molar-refractivity contribution < 1.29 is 21.1 Å². The van der Waals surface area contributed by atoms with Gasteiger partial charge in [0.1, 0.15) is 5.82 Å². The van der Waals surface area contributed by atoms with Crippen LogP contribution in [0.4, 0.5) is 0 Å². The third-order valence-corrected chi connectivity index (χ3v) is 12.1. The summed E-state index contributed by atoms with van der Waals surface area (Å²) in [6.45, 7) is 22.5. The van der Waals surface area contributed by atoms with E-state index in [9.17, 15) is 5.41 Å². The van der Waals surface area contributed by atoms with Crippen molar-refractivity contribution in [2.75, 3.05) is 0 Å². The summed E-state index contributed by atoms with van der Waals surface area (Å²) in [4.78, 5) is 11.1. The van der Waals surface area contributed by atoms with E-state index in [1.54, 1.807) is 6.08 Å². The van der Waals surface area contributed by atoms with Gasteiger partial charge in [-0.15, -0.1) is 40.9 Å². The second kappa shape index (κ2) is 15.3. The Morgan fingerprint density at radius 1 is 0.623 bits per heavy atom. The normalized spacial score (nSPS) is 12.6. The molecule has 3 aromatic heterocycles. The molecule has 0 radical (unpaired) electrons. The molecule has 3 heterocycles. The van der Waals surface area contributed by atoms with Gasteiger partial charge in [-0.3, -0.25) is 4.57 Å². The molecule has 0 saturated heterocycles. The summed E-state index contributed by atoms with van der Waals surface area (Å²) in [5, 5.41) is 13.0. The predicted molar refractivity (Wildman–Crippen MR) is 255 cm³/mol. The molecule has 0 aliphatic heterocycles. The summed E-state index contributed by atoms with van der Waals surface area (Å²) in [5.74, 6) is 0.858. The van der Waals surface area contributed by atoms with Crippen molar-refractivity contribution in [3.05, 3.63) is 161 Å². The van der Waals surface area contributed by atoms with E-state index in [1.807, 2.05) is 6.08 Å². The predicted octanol–water partition coefficient (Wildman–Crippen LogP) is 14.2. The average molecular weight is 978 g/mol. The summed E-state index contributed by atoms with van der Waals surface area (Å²) in [5.41, 5.74) is 15.7. The maximum absolute atomic E-state index is 9.51. The molecule has 0 spiro atoms. The van der Waals surface area contributed by atoms with Crippen LogP contribution in [0.1, 0.15) is 90.3 Å². The fourth-order valence-electron chi connectivity index (χ4n) is 8.67. The molecule has 0 N–H and O–H groups in total. The third-order valence-electron chi connectivity index (χ3n) is 12.1. The monoisotopic (exact) mass is 977 g/mol. The molecule has 0 fully saturated rings. The summed E-state index contributed by atoms with van der Waals surface area (Å²) < 4.78 is 4.58. The first-order valence-corrected chi connectivity index (χ1v) is 21.0. The molecule has 0 atom stereocenters. The molecular weight excluding hydrogens is 926 g/mol. The second-order valence-electron chi connectivity index (χ2n) is 19.3. The number of rotatable bonds is 6. The van der Waals surface area contributed by atoms with Gasteiger partial charge in [0.15, 0.2) is 0 Å². The van der Waals surface area contributed by atoms with Gasteiger partial charge in [-0.2, -0.15) is 6.21 Å². The van der Waals surface area contributed by atoms with E-state index in [2.05, 4.69) is 200 Å². The van der Waals surface area contributed by atoms with Crippen LogP contribution in [0.3, 0.4) is 0 Å². The summed E-state index contributed by atoms with van der Waals surface area (Å²) in [7, 11) is 0. The molecule has 310 valence electrons. The largest absolute Gasteiger partial charge is 0.811 e. The van der Waals surface area contributed by atoms with Gasteiger partial charge in [0.05, 0.1) is 16.6 Å². The van der Waals surface area contributed by atoms with Crippen LogP contribution in [0.15, 0.2) is 121 Å². The van der Waals surface area contributed by atoms with Gasteiger partial charge in [0.25, 0.3) is 0 Å². The Labute approximate surface area is 374 Å². The van der Waals surface area contributed by atoms with Gasteiger partial charge >= 0.3 is 0 Å². The molecular formula is C55H52N5Pt-3. The SMILES string of the molecule is Cc1c(/C=C\C=[N-])c2ccccc2n1-c1[c-]c(-c2cccc3c2nc(-c2cc(C(C)(C)C)cc4c2[n-]c2ccc(C(C)(C)C)cc24)n3-c2ccc(C(C)(C)C)cc2)ccc1.[Pt]. The molecule has 0 aliphatic rings. The summed E-state index contributed by atoms with van der Waals surface area (Å²) >= 11 is 0. The Hall–Kier alpha value is -5.77. The van der Waals surface area contributed by atoms with Crippen LogP contribution < -0.4 is 4.98 Å². The van der Waals surface area contributed by atoms with E-state index in [-0.39, 0.29) is 37.3 Å². The van der Waals surface area contributed by atoms with Crippen LogP contribution in [0, 0.1) is 13.0 Å². The molecule has 0 saturated carbocycles. The number of imidazole rings is 1. The summed E-state index contributed by atoms with van der Waals surface area (Å²) in [6.07, 6.45) is 4.71. The minimum absolute atomic E-state index is 0. The van der Waals surface area contributed by atoms with Crippen LogP contribution in [-0.2, 0) is 37.3 Å². The van der Waals surface area contributed by atoms with Crippen molar-refractivity contribution in [2.45, 2.75) is 85.5 Å². The van der Waals surface area contributed by atoms with E-state index < -0.39 is 0 Å². The van der Waals surface area contributed by atoms with Crippen LogP contribution in [0.25, 0.3) is 89.1 Å². The maximum atomic E-state index is 9.51. The van der Waals surface area contributed by atoms with Crippen LogP contribution in [0.2, 0.25) is 0 Å². The van der Waals surface area contributed by atoms with Crippen molar-refractivity contribution in [1.82, 2.24) is 19.1 Å². The maximum Gasteiger partial charge on any atom is 0.143 e. The third kappa shape index (κ3) is 7.31. The number of para-hydroxylation sites is 2. The van der Waals surface area contributed by atoms with Gasteiger partial charge in [0, 0.05) is 49.0 Å². The van der Waals surface area contributed by atoms with E-state index >= 15 is 0 Å². The molecule has 5 nitrogen and oxygen atoms in total. The van der Waals surface area contributed by atoms with E-state index in [0.717, 1.165) is 89.7 Å². The first kappa shape index (κ1) is 41.9. The molecule has 0 amide bonds. The van der Waals surface area contributed by atoms with Crippen LogP contribution in [-0.4, -0.2) is 20.3 Å². The number of nitrogens with zero attached hydrogens (tertiary/aromatic N) is 5. The Kier molecular flexibility index (Phi) is 10.5. The Balaban J connectivity index is 0.00000514. The zero-order chi connectivity index (χ0) is 42.3. The second-order valence-corrected chi connectivity index (χ2v) is 19.3. The number of benzene rings is 6. The van der Waals surface area contributed by atoms with Crippen molar-refractivity contribution >= 4 is 56.0 Å². The fraction of sp³-hybridized carbons (Fsp3) is 0.236. The molecule has 0 unspecified atom stereocenters. The molecule has 0 aliphatic carbocycles. The van der Waals surface area contributed by atoms with Crippen molar-refractivity contribution in [2.24, 2.45) is 0 Å². The quantitative estimate of drug-likeness (QED) is 0.123. The van der Waals surface area contributed by atoms with Gasteiger partial charge in [0.2, 0.25) is 0 Å². The fourth-order valence-corrected chi connectivity index (χ4v) is 8.67.